The molecule has 2 aliphatic rings. The standard InChI is InChI=1S/C30H25N5O5S/c1-19-12-13-26(24(16-19)35-32-21-8-2-3-9-22(21)33-35)40-28-18-27-20(17-29(28)41(37,38)34-14-6-7-15-34)30(36)31-23-10-4-5-11-25(23)39-27/h2-5,8-13,16-18H,6-7,14-15H2,1H3,(H,31,36). The number of hydrogen-bond acceptors (Lipinski definition) is 7. The third-order valence-electron chi connectivity index (χ3n) is 7.17. The zero-order valence-electron chi connectivity index (χ0n) is 22.1. The molecule has 1 saturated heterocycles. The van der Waals surface area contributed by atoms with Crippen LogP contribution < -0.4 is 14.8 Å². The molecule has 11 heteroatoms. The highest BCUT2D eigenvalue weighted by molar-refractivity contribution is 7.89. The summed E-state index contributed by atoms with van der Waals surface area (Å²) in [5.74, 6) is 0.512. The van der Waals surface area contributed by atoms with E-state index in [9.17, 15) is 13.2 Å². The molecule has 7 rings (SSSR count). The van der Waals surface area contributed by atoms with Gasteiger partial charge in [-0.3, -0.25) is 4.79 Å². The van der Waals surface area contributed by atoms with Crippen molar-refractivity contribution in [3.63, 3.8) is 0 Å². The molecule has 0 unspecified atom stereocenters. The Hall–Kier alpha value is -4.74. The lowest BCUT2D eigenvalue weighted by molar-refractivity contribution is 0.102. The van der Waals surface area contributed by atoms with Gasteiger partial charge in [-0.2, -0.15) is 4.31 Å². The number of amides is 1. The molecular weight excluding hydrogens is 542 g/mol. The monoisotopic (exact) mass is 567 g/mol. The van der Waals surface area contributed by atoms with E-state index in [1.54, 1.807) is 30.3 Å². The number of ether oxygens (including phenoxy) is 2. The number of aromatic nitrogens is 3. The normalized spacial score (nSPS) is 15.1. The molecule has 1 fully saturated rings. The van der Waals surface area contributed by atoms with Crippen molar-refractivity contribution >= 4 is 32.7 Å². The molecule has 206 valence electrons. The van der Waals surface area contributed by atoms with Gasteiger partial charge in [0.1, 0.15) is 27.4 Å². The van der Waals surface area contributed by atoms with Crippen molar-refractivity contribution in [3.05, 3.63) is 90.0 Å². The molecule has 5 aromatic rings. The van der Waals surface area contributed by atoms with Crippen LogP contribution in [0.5, 0.6) is 23.0 Å². The fraction of sp³-hybridized carbons (Fsp3) is 0.167. The van der Waals surface area contributed by atoms with Gasteiger partial charge in [0, 0.05) is 19.2 Å². The number of nitrogens with zero attached hydrogens (tertiary/aromatic N) is 4. The fourth-order valence-corrected chi connectivity index (χ4v) is 6.71. The van der Waals surface area contributed by atoms with Crippen molar-refractivity contribution in [2.45, 2.75) is 24.7 Å². The molecule has 0 aliphatic carbocycles. The average molecular weight is 568 g/mol. The van der Waals surface area contributed by atoms with E-state index in [0.717, 1.165) is 18.4 Å². The number of fused-ring (bicyclic) bond motifs is 3. The molecule has 0 saturated carbocycles. The number of benzene rings is 4. The third kappa shape index (κ3) is 4.48. The molecule has 3 heterocycles. The number of carbonyl (C=O) groups is 1. The molecule has 0 bridgehead atoms. The second-order valence-corrected chi connectivity index (χ2v) is 11.9. The van der Waals surface area contributed by atoms with Crippen molar-refractivity contribution in [2.24, 2.45) is 0 Å². The van der Waals surface area contributed by atoms with Crippen LogP contribution in [0.2, 0.25) is 0 Å². The minimum atomic E-state index is -4.00. The summed E-state index contributed by atoms with van der Waals surface area (Å²) in [7, 11) is -4.00. The summed E-state index contributed by atoms with van der Waals surface area (Å²) in [5.41, 5.74) is 3.47. The van der Waals surface area contributed by atoms with Crippen LogP contribution in [0, 0.1) is 6.92 Å². The Balaban J connectivity index is 1.39. The molecule has 10 nitrogen and oxygen atoms in total. The second-order valence-electron chi connectivity index (χ2n) is 10.0. The molecule has 0 spiro atoms. The molecule has 0 atom stereocenters. The molecule has 41 heavy (non-hydrogen) atoms. The van der Waals surface area contributed by atoms with Gasteiger partial charge in [0.15, 0.2) is 17.2 Å². The van der Waals surface area contributed by atoms with Crippen LogP contribution in [0.4, 0.5) is 5.69 Å². The van der Waals surface area contributed by atoms with Crippen LogP contribution >= 0.6 is 0 Å². The van der Waals surface area contributed by atoms with Gasteiger partial charge in [0.25, 0.3) is 5.91 Å². The van der Waals surface area contributed by atoms with Crippen LogP contribution in [-0.2, 0) is 10.0 Å². The highest BCUT2D eigenvalue weighted by Crippen LogP contribution is 2.43. The first-order valence-corrected chi connectivity index (χ1v) is 14.7. The lowest BCUT2D eigenvalue weighted by Crippen LogP contribution is -2.28. The molecule has 0 radical (unpaired) electrons. The summed E-state index contributed by atoms with van der Waals surface area (Å²) >= 11 is 0. The van der Waals surface area contributed by atoms with Crippen molar-refractivity contribution < 1.29 is 22.7 Å². The van der Waals surface area contributed by atoms with Crippen LogP contribution in [0.25, 0.3) is 16.7 Å². The first-order chi connectivity index (χ1) is 19.9. The summed E-state index contributed by atoms with van der Waals surface area (Å²) < 4.78 is 41.8. The molecular formula is C30H25N5O5S. The lowest BCUT2D eigenvalue weighted by atomic mass is 10.1. The Morgan fingerprint density at radius 3 is 2.32 bits per heavy atom. The maximum atomic E-state index is 13.9. The number of aryl methyl sites for hydroxylation is 1. The highest BCUT2D eigenvalue weighted by atomic mass is 32.2. The van der Waals surface area contributed by atoms with Gasteiger partial charge in [0.2, 0.25) is 10.0 Å². The van der Waals surface area contributed by atoms with Crippen LogP contribution in [0.3, 0.4) is 0 Å². The number of nitrogens with one attached hydrogen (secondary N) is 1. The van der Waals surface area contributed by atoms with Gasteiger partial charge in [0.05, 0.1) is 11.3 Å². The van der Waals surface area contributed by atoms with Crippen molar-refractivity contribution in [2.75, 3.05) is 18.4 Å². The van der Waals surface area contributed by atoms with Crippen molar-refractivity contribution in [3.8, 4) is 28.7 Å². The predicted octanol–water partition coefficient (Wildman–Crippen LogP) is 5.66. The minimum Gasteiger partial charge on any atom is -0.454 e. The first-order valence-electron chi connectivity index (χ1n) is 13.2. The Morgan fingerprint density at radius 1 is 0.854 bits per heavy atom. The van der Waals surface area contributed by atoms with E-state index in [-0.39, 0.29) is 22.0 Å². The van der Waals surface area contributed by atoms with E-state index < -0.39 is 15.9 Å². The first kappa shape index (κ1) is 25.2. The average Bonchev–Trinajstić information content (AvgIpc) is 3.64. The number of hydrogen-bond donors (Lipinski definition) is 1. The SMILES string of the molecule is Cc1ccc(Oc2cc3c(cc2S(=O)(=O)N2CCCC2)C(=O)Nc2ccccc2O3)c(-n2nc3ccccc3n2)c1. The highest BCUT2D eigenvalue weighted by Gasteiger charge is 2.34. The van der Waals surface area contributed by atoms with Crippen LogP contribution in [0.1, 0.15) is 28.8 Å². The number of rotatable bonds is 5. The summed E-state index contributed by atoms with van der Waals surface area (Å²) in [5, 5.41) is 12.0. The molecule has 2 aliphatic heterocycles. The third-order valence-corrected chi connectivity index (χ3v) is 9.08. The van der Waals surface area contributed by atoms with Gasteiger partial charge in [-0.05, 0) is 67.8 Å². The summed E-state index contributed by atoms with van der Waals surface area (Å²) in [6.07, 6.45) is 1.53. The van der Waals surface area contributed by atoms with Gasteiger partial charge >= 0.3 is 0 Å². The molecule has 1 N–H and O–H groups in total. The maximum absolute atomic E-state index is 13.9. The van der Waals surface area contributed by atoms with Gasteiger partial charge in [-0.15, -0.1) is 15.0 Å². The van der Waals surface area contributed by atoms with Crippen molar-refractivity contribution in [1.29, 1.82) is 0 Å². The fourth-order valence-electron chi connectivity index (χ4n) is 5.08. The number of sulfonamides is 1. The van der Waals surface area contributed by atoms with Gasteiger partial charge < -0.3 is 14.8 Å². The van der Waals surface area contributed by atoms with E-state index in [1.807, 2.05) is 43.3 Å². The lowest BCUT2D eigenvalue weighted by Gasteiger charge is -2.20. The van der Waals surface area contributed by atoms with E-state index >= 15 is 0 Å². The summed E-state index contributed by atoms with van der Waals surface area (Å²) in [4.78, 5) is 14.6. The van der Waals surface area contributed by atoms with E-state index in [4.69, 9.17) is 9.47 Å². The Labute approximate surface area is 236 Å². The van der Waals surface area contributed by atoms with Crippen molar-refractivity contribution in [1.82, 2.24) is 19.3 Å². The minimum absolute atomic E-state index is 0.0321. The number of carbonyl (C=O) groups excluding carboxylic acids is 1. The smallest absolute Gasteiger partial charge is 0.259 e. The van der Waals surface area contributed by atoms with E-state index in [1.165, 1.54) is 21.2 Å². The molecule has 1 aromatic heterocycles. The summed E-state index contributed by atoms with van der Waals surface area (Å²) in [6.45, 7) is 2.73. The zero-order chi connectivity index (χ0) is 28.1. The van der Waals surface area contributed by atoms with E-state index in [0.29, 0.717) is 47.0 Å². The largest absolute Gasteiger partial charge is 0.454 e. The van der Waals surface area contributed by atoms with Gasteiger partial charge in [-0.25, -0.2) is 8.42 Å². The molecule has 4 aromatic carbocycles. The zero-order valence-corrected chi connectivity index (χ0v) is 22.9. The summed E-state index contributed by atoms with van der Waals surface area (Å²) in [6, 6.07) is 22.8. The second kappa shape index (κ2) is 9.72. The number of anilines is 1. The van der Waals surface area contributed by atoms with Gasteiger partial charge in [-0.1, -0.05) is 30.3 Å². The van der Waals surface area contributed by atoms with E-state index in [2.05, 4.69) is 15.5 Å². The molecule has 1 amide bonds. The Morgan fingerprint density at radius 2 is 1.56 bits per heavy atom. The quantitative estimate of drug-likeness (QED) is 0.291. The Bertz CT molecular complexity index is 1910. The Kier molecular flexibility index (Phi) is 5.98. The van der Waals surface area contributed by atoms with Crippen LogP contribution in [-0.4, -0.2) is 46.7 Å². The topological polar surface area (TPSA) is 116 Å². The van der Waals surface area contributed by atoms with Crippen LogP contribution in [0.15, 0.2) is 83.8 Å². The number of para-hydroxylation sites is 2. The maximum Gasteiger partial charge on any atom is 0.259 e. The predicted molar refractivity (Wildman–Crippen MR) is 153 cm³/mol.